The topological polar surface area (TPSA) is 95.6 Å². The molecular formula is C20H23N3O4S. The smallest absolute Gasteiger partial charge is 0.251 e. The maximum absolute atomic E-state index is 12.3. The molecular weight excluding hydrogens is 378 g/mol. The molecule has 148 valence electrons. The lowest BCUT2D eigenvalue weighted by atomic mass is 10.1. The highest BCUT2D eigenvalue weighted by Gasteiger charge is 2.19. The molecule has 1 aliphatic heterocycles. The van der Waals surface area contributed by atoms with Gasteiger partial charge in [0.05, 0.1) is 4.90 Å². The van der Waals surface area contributed by atoms with E-state index in [9.17, 15) is 18.0 Å². The number of anilines is 1. The van der Waals surface area contributed by atoms with Gasteiger partial charge in [-0.1, -0.05) is 12.1 Å². The Bertz CT molecular complexity index is 971. The SMILES string of the molecule is CNS(=O)(=O)c1ccc(C(=O)NCc2cccc(N3CCCCC3=O)c2)cc1. The number of sulfonamides is 1. The number of nitrogens with zero attached hydrogens (tertiary/aromatic N) is 1. The monoisotopic (exact) mass is 401 g/mol. The Balaban J connectivity index is 1.65. The molecule has 0 radical (unpaired) electrons. The maximum atomic E-state index is 12.3. The highest BCUT2D eigenvalue weighted by Crippen LogP contribution is 2.22. The highest BCUT2D eigenvalue weighted by molar-refractivity contribution is 7.89. The van der Waals surface area contributed by atoms with Crippen LogP contribution in [-0.2, 0) is 21.4 Å². The second-order valence-electron chi connectivity index (χ2n) is 6.59. The first-order valence-corrected chi connectivity index (χ1v) is 10.6. The molecule has 3 rings (SSSR count). The Morgan fingerprint density at radius 3 is 2.54 bits per heavy atom. The Kier molecular flexibility index (Phi) is 6.11. The van der Waals surface area contributed by atoms with Crippen molar-refractivity contribution in [2.45, 2.75) is 30.7 Å². The van der Waals surface area contributed by atoms with Crippen molar-refractivity contribution >= 4 is 27.5 Å². The van der Waals surface area contributed by atoms with Gasteiger partial charge in [0.1, 0.15) is 0 Å². The van der Waals surface area contributed by atoms with Gasteiger partial charge in [0.2, 0.25) is 15.9 Å². The number of hydrogen-bond donors (Lipinski definition) is 2. The van der Waals surface area contributed by atoms with Crippen molar-refractivity contribution in [2.24, 2.45) is 0 Å². The zero-order chi connectivity index (χ0) is 20.1. The van der Waals surface area contributed by atoms with Crippen LogP contribution in [0.3, 0.4) is 0 Å². The van der Waals surface area contributed by atoms with Crippen LogP contribution >= 0.6 is 0 Å². The number of rotatable bonds is 6. The minimum absolute atomic E-state index is 0.102. The maximum Gasteiger partial charge on any atom is 0.251 e. The number of carbonyl (C=O) groups excluding carboxylic acids is 2. The molecule has 2 amide bonds. The lowest BCUT2D eigenvalue weighted by molar-refractivity contribution is -0.119. The fraction of sp³-hybridized carbons (Fsp3) is 0.300. The third-order valence-electron chi connectivity index (χ3n) is 4.69. The van der Waals surface area contributed by atoms with E-state index in [0.717, 1.165) is 30.6 Å². The van der Waals surface area contributed by atoms with Crippen molar-refractivity contribution < 1.29 is 18.0 Å². The molecule has 1 fully saturated rings. The number of amides is 2. The summed E-state index contributed by atoms with van der Waals surface area (Å²) in [5.74, 6) is -0.170. The van der Waals surface area contributed by atoms with Crippen LogP contribution in [0.25, 0.3) is 0 Å². The summed E-state index contributed by atoms with van der Waals surface area (Å²) in [7, 11) is -2.20. The standard InChI is InChI=1S/C20H23N3O4S/c1-21-28(26,27)18-10-8-16(9-11-18)20(25)22-14-15-5-4-6-17(13-15)23-12-3-2-7-19(23)24/h4-6,8-11,13,21H,2-3,7,12,14H2,1H3,(H,22,25). The van der Waals surface area contributed by atoms with E-state index in [2.05, 4.69) is 10.0 Å². The molecule has 0 aliphatic carbocycles. The fourth-order valence-electron chi connectivity index (χ4n) is 3.10. The molecule has 1 heterocycles. The van der Waals surface area contributed by atoms with Crippen molar-refractivity contribution in [3.05, 3.63) is 59.7 Å². The first kappa shape index (κ1) is 20.0. The predicted octanol–water partition coefficient (Wildman–Crippen LogP) is 2.04. The summed E-state index contributed by atoms with van der Waals surface area (Å²) in [4.78, 5) is 26.3. The van der Waals surface area contributed by atoms with Crippen molar-refractivity contribution in [2.75, 3.05) is 18.5 Å². The van der Waals surface area contributed by atoms with E-state index in [4.69, 9.17) is 0 Å². The minimum Gasteiger partial charge on any atom is -0.348 e. The Labute approximate surface area is 164 Å². The van der Waals surface area contributed by atoms with E-state index < -0.39 is 10.0 Å². The van der Waals surface area contributed by atoms with E-state index >= 15 is 0 Å². The summed E-state index contributed by atoms with van der Waals surface area (Å²) in [5.41, 5.74) is 2.11. The zero-order valence-electron chi connectivity index (χ0n) is 15.6. The van der Waals surface area contributed by atoms with Crippen LogP contribution in [0.15, 0.2) is 53.4 Å². The fourth-order valence-corrected chi connectivity index (χ4v) is 3.83. The van der Waals surface area contributed by atoms with Gasteiger partial charge in [0.25, 0.3) is 5.91 Å². The van der Waals surface area contributed by atoms with Gasteiger partial charge < -0.3 is 10.2 Å². The molecule has 2 aromatic rings. The Hall–Kier alpha value is -2.71. The van der Waals surface area contributed by atoms with E-state index in [1.165, 1.54) is 31.3 Å². The molecule has 0 spiro atoms. The third kappa shape index (κ3) is 4.58. The lowest BCUT2D eigenvalue weighted by Crippen LogP contribution is -2.35. The Morgan fingerprint density at radius 2 is 1.86 bits per heavy atom. The van der Waals surface area contributed by atoms with Gasteiger partial charge in [-0.3, -0.25) is 9.59 Å². The van der Waals surface area contributed by atoms with Crippen molar-refractivity contribution in [3.63, 3.8) is 0 Å². The van der Waals surface area contributed by atoms with Crippen LogP contribution < -0.4 is 14.9 Å². The highest BCUT2D eigenvalue weighted by atomic mass is 32.2. The van der Waals surface area contributed by atoms with Gasteiger partial charge in [-0.25, -0.2) is 13.1 Å². The van der Waals surface area contributed by atoms with Crippen LogP contribution in [-0.4, -0.2) is 33.8 Å². The molecule has 1 saturated heterocycles. The number of carbonyl (C=O) groups is 2. The zero-order valence-corrected chi connectivity index (χ0v) is 16.5. The molecule has 7 nitrogen and oxygen atoms in total. The van der Waals surface area contributed by atoms with E-state index in [-0.39, 0.29) is 16.7 Å². The van der Waals surface area contributed by atoms with Gasteiger partial charge in [-0.05, 0) is 61.9 Å². The van der Waals surface area contributed by atoms with Crippen LogP contribution in [0, 0.1) is 0 Å². The van der Waals surface area contributed by atoms with Crippen LogP contribution in [0.4, 0.5) is 5.69 Å². The molecule has 0 saturated carbocycles. The van der Waals surface area contributed by atoms with Gasteiger partial charge in [-0.15, -0.1) is 0 Å². The first-order chi connectivity index (χ1) is 13.4. The second kappa shape index (κ2) is 8.53. The predicted molar refractivity (Wildman–Crippen MR) is 107 cm³/mol. The van der Waals surface area contributed by atoms with E-state index in [0.29, 0.717) is 18.5 Å². The van der Waals surface area contributed by atoms with E-state index in [1.807, 2.05) is 24.3 Å². The summed E-state index contributed by atoms with van der Waals surface area (Å²) in [6.45, 7) is 1.03. The van der Waals surface area contributed by atoms with Crippen molar-refractivity contribution in [1.29, 1.82) is 0 Å². The third-order valence-corrected chi connectivity index (χ3v) is 6.12. The molecule has 2 aromatic carbocycles. The van der Waals surface area contributed by atoms with Gasteiger partial charge in [0.15, 0.2) is 0 Å². The summed E-state index contributed by atoms with van der Waals surface area (Å²) in [5, 5.41) is 2.82. The number of benzene rings is 2. The molecule has 8 heteroatoms. The van der Waals surface area contributed by atoms with E-state index in [1.54, 1.807) is 4.90 Å². The quantitative estimate of drug-likeness (QED) is 0.774. The molecule has 0 bridgehead atoms. The molecule has 0 aromatic heterocycles. The van der Waals surface area contributed by atoms with Gasteiger partial charge >= 0.3 is 0 Å². The minimum atomic E-state index is -3.53. The summed E-state index contributed by atoms with van der Waals surface area (Å²) in [6, 6.07) is 13.3. The Morgan fingerprint density at radius 1 is 1.11 bits per heavy atom. The molecule has 1 aliphatic rings. The summed E-state index contributed by atoms with van der Waals surface area (Å²) >= 11 is 0. The summed E-state index contributed by atoms with van der Waals surface area (Å²) in [6.07, 6.45) is 2.49. The lowest BCUT2D eigenvalue weighted by Gasteiger charge is -2.27. The van der Waals surface area contributed by atoms with Crippen LogP contribution in [0.2, 0.25) is 0 Å². The van der Waals surface area contributed by atoms with Crippen molar-refractivity contribution in [1.82, 2.24) is 10.0 Å². The first-order valence-electron chi connectivity index (χ1n) is 9.12. The van der Waals surface area contributed by atoms with Gasteiger partial charge in [0, 0.05) is 30.8 Å². The van der Waals surface area contributed by atoms with Gasteiger partial charge in [-0.2, -0.15) is 0 Å². The normalized spacial score (nSPS) is 14.8. The number of piperidine rings is 1. The van der Waals surface area contributed by atoms with Crippen LogP contribution in [0.1, 0.15) is 35.2 Å². The number of nitrogens with one attached hydrogen (secondary N) is 2. The average Bonchev–Trinajstić information content (AvgIpc) is 2.72. The average molecular weight is 401 g/mol. The molecule has 2 N–H and O–H groups in total. The summed E-state index contributed by atoms with van der Waals surface area (Å²) < 4.78 is 25.7. The van der Waals surface area contributed by atoms with Crippen LogP contribution in [0.5, 0.6) is 0 Å². The largest absolute Gasteiger partial charge is 0.348 e. The molecule has 28 heavy (non-hydrogen) atoms. The number of hydrogen-bond acceptors (Lipinski definition) is 4. The molecule has 0 unspecified atom stereocenters. The molecule has 0 atom stereocenters. The second-order valence-corrected chi connectivity index (χ2v) is 8.47. The van der Waals surface area contributed by atoms with Crippen molar-refractivity contribution in [3.8, 4) is 0 Å².